The third kappa shape index (κ3) is 3.33. The lowest BCUT2D eigenvalue weighted by Crippen LogP contribution is -2.56. The van der Waals surface area contributed by atoms with E-state index in [0.717, 1.165) is 12.2 Å². The normalized spacial score (nSPS) is 24.0. The monoisotopic (exact) mass is 341 g/mol. The molecule has 1 saturated carbocycles. The van der Waals surface area contributed by atoms with Gasteiger partial charge in [-0.1, -0.05) is 19.8 Å². The molecule has 132 valence electrons. The molecule has 0 aromatic carbocycles. The number of hydrogen-bond donors (Lipinski definition) is 1. The van der Waals surface area contributed by atoms with Crippen LogP contribution in [0.25, 0.3) is 5.82 Å². The van der Waals surface area contributed by atoms with Gasteiger partial charge in [-0.05, 0) is 18.8 Å². The van der Waals surface area contributed by atoms with Gasteiger partial charge in [0.15, 0.2) is 5.82 Å². The Labute approximate surface area is 146 Å². The van der Waals surface area contributed by atoms with Crippen LogP contribution in [0.2, 0.25) is 0 Å². The van der Waals surface area contributed by atoms with E-state index in [0.29, 0.717) is 30.9 Å². The van der Waals surface area contributed by atoms with E-state index in [1.54, 1.807) is 11.0 Å². The zero-order chi connectivity index (χ0) is 17.2. The molecule has 8 heteroatoms. The highest BCUT2D eigenvalue weighted by atomic mass is 16.2. The van der Waals surface area contributed by atoms with Gasteiger partial charge in [0.05, 0.1) is 5.92 Å². The molecule has 3 heterocycles. The summed E-state index contributed by atoms with van der Waals surface area (Å²) in [7, 11) is 0. The molecule has 8 nitrogen and oxygen atoms in total. The molecule has 2 aromatic rings. The molecule has 1 aliphatic heterocycles. The Morgan fingerprint density at radius 2 is 1.96 bits per heavy atom. The van der Waals surface area contributed by atoms with Crippen molar-refractivity contribution in [2.45, 2.75) is 38.6 Å². The molecule has 0 bridgehead atoms. The number of amides is 1. The predicted molar refractivity (Wildman–Crippen MR) is 92.2 cm³/mol. The van der Waals surface area contributed by atoms with Gasteiger partial charge in [-0.25, -0.2) is 19.6 Å². The number of hydrogen-bond acceptors (Lipinski definition) is 6. The van der Waals surface area contributed by atoms with Crippen molar-refractivity contribution in [1.82, 2.24) is 30.0 Å². The highest BCUT2D eigenvalue weighted by Crippen LogP contribution is 2.26. The van der Waals surface area contributed by atoms with Crippen LogP contribution < -0.4 is 10.2 Å². The first-order valence-corrected chi connectivity index (χ1v) is 8.93. The summed E-state index contributed by atoms with van der Waals surface area (Å²) < 4.78 is 1.60. The smallest absolute Gasteiger partial charge is 0.226 e. The lowest BCUT2D eigenvalue weighted by molar-refractivity contribution is -0.127. The van der Waals surface area contributed by atoms with E-state index in [2.05, 4.69) is 37.2 Å². The largest absolute Gasteiger partial charge is 0.355 e. The van der Waals surface area contributed by atoms with Gasteiger partial charge in [0, 0.05) is 25.2 Å². The van der Waals surface area contributed by atoms with E-state index in [-0.39, 0.29) is 11.8 Å². The Morgan fingerprint density at radius 1 is 1.16 bits per heavy atom. The van der Waals surface area contributed by atoms with Crippen molar-refractivity contribution in [1.29, 1.82) is 0 Å². The molecule has 4 rings (SSSR count). The lowest BCUT2D eigenvalue weighted by atomic mass is 9.85. The highest BCUT2D eigenvalue weighted by Gasteiger charge is 2.35. The molecule has 1 saturated heterocycles. The lowest BCUT2D eigenvalue weighted by Gasteiger charge is -2.40. The second-order valence-electron chi connectivity index (χ2n) is 7.05. The van der Waals surface area contributed by atoms with Crippen molar-refractivity contribution in [2.75, 3.05) is 18.0 Å². The molecule has 1 amide bonds. The number of anilines is 1. The quantitative estimate of drug-likeness (QED) is 0.898. The van der Waals surface area contributed by atoms with E-state index in [4.69, 9.17) is 0 Å². The van der Waals surface area contributed by atoms with E-state index in [1.807, 2.05) is 6.07 Å². The summed E-state index contributed by atoms with van der Waals surface area (Å²) in [4.78, 5) is 27.0. The van der Waals surface area contributed by atoms with Crippen LogP contribution in [-0.2, 0) is 4.79 Å². The Morgan fingerprint density at radius 3 is 2.72 bits per heavy atom. The third-order valence-corrected chi connectivity index (χ3v) is 5.31. The third-order valence-electron chi connectivity index (χ3n) is 5.31. The maximum atomic E-state index is 12.5. The van der Waals surface area contributed by atoms with Crippen LogP contribution in [0.5, 0.6) is 0 Å². The minimum Gasteiger partial charge on any atom is -0.355 e. The van der Waals surface area contributed by atoms with Gasteiger partial charge in [0.25, 0.3) is 0 Å². The Bertz CT molecular complexity index is 726. The molecular formula is C17H23N7O. The minimum absolute atomic E-state index is 0.0407. The van der Waals surface area contributed by atoms with Crippen molar-refractivity contribution < 1.29 is 4.79 Å². The summed E-state index contributed by atoms with van der Waals surface area (Å²) >= 11 is 0. The Balaban J connectivity index is 1.34. The SMILES string of the molecule is C[C@@H]1CCCC[C@@H]1NC(=O)C1CN(c2cc(-n3cncn3)ncn2)C1. The molecule has 0 radical (unpaired) electrons. The first-order valence-electron chi connectivity index (χ1n) is 8.93. The maximum absolute atomic E-state index is 12.5. The second-order valence-corrected chi connectivity index (χ2v) is 7.05. The number of rotatable bonds is 4. The van der Waals surface area contributed by atoms with E-state index < -0.39 is 0 Å². The molecule has 2 aromatic heterocycles. The Hall–Kier alpha value is -2.51. The fraction of sp³-hybridized carbons (Fsp3) is 0.588. The van der Waals surface area contributed by atoms with Crippen LogP contribution in [0.4, 0.5) is 5.82 Å². The molecular weight excluding hydrogens is 318 g/mol. The van der Waals surface area contributed by atoms with Crippen LogP contribution in [0.15, 0.2) is 25.0 Å². The molecule has 25 heavy (non-hydrogen) atoms. The van der Waals surface area contributed by atoms with Gasteiger partial charge in [0.2, 0.25) is 5.91 Å². The second kappa shape index (κ2) is 6.78. The molecule has 1 N–H and O–H groups in total. The maximum Gasteiger partial charge on any atom is 0.226 e. The average molecular weight is 341 g/mol. The molecule has 2 aliphatic rings. The van der Waals surface area contributed by atoms with Crippen molar-refractivity contribution >= 4 is 11.7 Å². The summed E-state index contributed by atoms with van der Waals surface area (Å²) in [6.07, 6.45) is 9.42. The summed E-state index contributed by atoms with van der Waals surface area (Å²) in [6.45, 7) is 3.63. The average Bonchev–Trinajstić information content (AvgIpc) is 3.10. The summed E-state index contributed by atoms with van der Waals surface area (Å²) in [5, 5.41) is 7.33. The van der Waals surface area contributed by atoms with Crippen LogP contribution in [0.1, 0.15) is 32.6 Å². The van der Waals surface area contributed by atoms with Gasteiger partial charge in [0.1, 0.15) is 24.8 Å². The van der Waals surface area contributed by atoms with Crippen LogP contribution in [0.3, 0.4) is 0 Å². The molecule has 0 spiro atoms. The van der Waals surface area contributed by atoms with Crippen molar-refractivity contribution in [3.05, 3.63) is 25.0 Å². The molecule has 2 fully saturated rings. The van der Waals surface area contributed by atoms with E-state index in [1.165, 1.54) is 31.9 Å². The van der Waals surface area contributed by atoms with Crippen molar-refractivity contribution in [3.63, 3.8) is 0 Å². The molecule has 1 aliphatic carbocycles. The van der Waals surface area contributed by atoms with E-state index >= 15 is 0 Å². The van der Waals surface area contributed by atoms with Gasteiger partial charge in [-0.3, -0.25) is 4.79 Å². The van der Waals surface area contributed by atoms with Gasteiger partial charge < -0.3 is 10.2 Å². The van der Waals surface area contributed by atoms with Gasteiger partial charge >= 0.3 is 0 Å². The minimum atomic E-state index is 0.0407. The number of carbonyl (C=O) groups is 1. The van der Waals surface area contributed by atoms with Crippen molar-refractivity contribution in [3.8, 4) is 5.82 Å². The van der Waals surface area contributed by atoms with Crippen LogP contribution in [0, 0.1) is 11.8 Å². The molecule has 0 unspecified atom stereocenters. The number of nitrogens with zero attached hydrogens (tertiary/aromatic N) is 6. The predicted octanol–water partition coefficient (Wildman–Crippen LogP) is 1.19. The summed E-state index contributed by atoms with van der Waals surface area (Å²) in [5.41, 5.74) is 0. The number of aromatic nitrogens is 5. The first-order chi connectivity index (χ1) is 12.2. The zero-order valence-corrected chi connectivity index (χ0v) is 14.4. The van der Waals surface area contributed by atoms with Crippen LogP contribution in [-0.4, -0.2) is 49.8 Å². The Kier molecular flexibility index (Phi) is 4.33. The number of nitrogens with one attached hydrogen (secondary N) is 1. The first kappa shape index (κ1) is 16.0. The molecule has 2 atom stereocenters. The summed E-state index contributed by atoms with van der Waals surface area (Å²) in [6, 6.07) is 2.21. The van der Waals surface area contributed by atoms with E-state index in [9.17, 15) is 4.79 Å². The fourth-order valence-corrected chi connectivity index (χ4v) is 3.62. The van der Waals surface area contributed by atoms with Gasteiger partial charge in [-0.2, -0.15) is 5.10 Å². The standard InChI is InChI=1S/C17H23N7O/c1-12-4-2-3-5-14(12)22-17(25)13-7-23(8-13)15-6-16(20-10-19-15)24-11-18-9-21-24/h6,9-14H,2-5,7-8H2,1H3,(H,22,25)/t12-,14+/m1/s1. The summed E-state index contributed by atoms with van der Waals surface area (Å²) in [5.74, 6) is 2.29. The topological polar surface area (TPSA) is 88.8 Å². The zero-order valence-electron chi connectivity index (χ0n) is 14.4. The highest BCUT2D eigenvalue weighted by molar-refractivity contribution is 5.82. The number of carbonyl (C=O) groups excluding carboxylic acids is 1. The van der Waals surface area contributed by atoms with Gasteiger partial charge in [-0.15, -0.1) is 0 Å². The van der Waals surface area contributed by atoms with Crippen molar-refractivity contribution in [2.24, 2.45) is 11.8 Å². The van der Waals surface area contributed by atoms with Crippen LogP contribution >= 0.6 is 0 Å². The fourth-order valence-electron chi connectivity index (χ4n) is 3.62.